The Morgan fingerprint density at radius 1 is 1.47 bits per heavy atom. The number of anilines is 2. The molecule has 1 aromatic heterocycles. The van der Waals surface area contributed by atoms with Gasteiger partial charge in [0, 0.05) is 18.6 Å². The van der Waals surface area contributed by atoms with Crippen molar-refractivity contribution in [1.82, 2.24) is 9.97 Å². The number of halogens is 1. The van der Waals surface area contributed by atoms with E-state index < -0.39 is 0 Å². The molecule has 2 heterocycles. The summed E-state index contributed by atoms with van der Waals surface area (Å²) in [4.78, 5) is 11.0. The largest absolute Gasteiger partial charge is 0.369 e. The molecule has 0 aliphatic carbocycles. The quantitative estimate of drug-likeness (QED) is 0.931. The highest BCUT2D eigenvalue weighted by Crippen LogP contribution is 2.38. The lowest BCUT2D eigenvalue weighted by Gasteiger charge is -2.33. The van der Waals surface area contributed by atoms with Crippen LogP contribution in [0.4, 0.5) is 11.6 Å². The lowest BCUT2D eigenvalue weighted by atomic mass is 10.0. The van der Waals surface area contributed by atoms with Gasteiger partial charge in [0.2, 0.25) is 0 Å². The summed E-state index contributed by atoms with van der Waals surface area (Å²) in [7, 11) is 0. The van der Waals surface area contributed by atoms with Crippen molar-refractivity contribution in [2.75, 3.05) is 23.3 Å². The Morgan fingerprint density at radius 2 is 2.24 bits per heavy atom. The van der Waals surface area contributed by atoms with Gasteiger partial charge in [0.15, 0.2) is 0 Å². The summed E-state index contributed by atoms with van der Waals surface area (Å²) < 4.78 is 0.969. The third-order valence-electron chi connectivity index (χ3n) is 3.27. The minimum absolute atomic E-state index is 0.181. The molecule has 0 amide bonds. The molecular formula is C12H19BrN4. The van der Waals surface area contributed by atoms with Gasteiger partial charge in [-0.05, 0) is 49.5 Å². The van der Waals surface area contributed by atoms with E-state index in [1.54, 1.807) is 6.33 Å². The van der Waals surface area contributed by atoms with Crippen LogP contribution in [0.3, 0.4) is 0 Å². The van der Waals surface area contributed by atoms with E-state index >= 15 is 0 Å². The standard InChI is InChI=1S/C12H19BrN4/c1-4-14-10-9(13)11(16-8-15-10)17-7-5-6-12(17,2)3/h8H,4-7H2,1-3H3,(H,14,15,16). The van der Waals surface area contributed by atoms with Crippen molar-refractivity contribution in [3.63, 3.8) is 0 Å². The van der Waals surface area contributed by atoms with Gasteiger partial charge in [0.1, 0.15) is 22.4 Å². The third kappa shape index (κ3) is 2.39. The Kier molecular flexibility index (Phi) is 3.56. The fourth-order valence-corrected chi connectivity index (χ4v) is 2.90. The molecule has 17 heavy (non-hydrogen) atoms. The van der Waals surface area contributed by atoms with Crippen molar-refractivity contribution >= 4 is 27.6 Å². The molecule has 4 nitrogen and oxygen atoms in total. The van der Waals surface area contributed by atoms with E-state index in [9.17, 15) is 0 Å². The maximum absolute atomic E-state index is 4.43. The predicted molar refractivity (Wildman–Crippen MR) is 74.6 cm³/mol. The molecule has 1 aromatic rings. The Hall–Kier alpha value is -0.840. The molecule has 2 rings (SSSR count). The van der Waals surface area contributed by atoms with E-state index in [1.807, 2.05) is 0 Å². The van der Waals surface area contributed by atoms with Crippen molar-refractivity contribution in [2.45, 2.75) is 39.2 Å². The Balaban J connectivity index is 2.35. The molecule has 1 N–H and O–H groups in total. The van der Waals surface area contributed by atoms with E-state index in [-0.39, 0.29) is 5.54 Å². The van der Waals surface area contributed by atoms with Gasteiger partial charge >= 0.3 is 0 Å². The van der Waals surface area contributed by atoms with Gasteiger partial charge in [0.05, 0.1) is 0 Å². The second-order valence-electron chi connectivity index (χ2n) is 4.96. The van der Waals surface area contributed by atoms with Crippen LogP contribution in [0.1, 0.15) is 33.6 Å². The zero-order chi connectivity index (χ0) is 12.5. The van der Waals surface area contributed by atoms with Gasteiger partial charge in [-0.25, -0.2) is 9.97 Å². The average Bonchev–Trinajstić information content (AvgIpc) is 2.62. The van der Waals surface area contributed by atoms with Crippen LogP contribution < -0.4 is 10.2 Å². The predicted octanol–water partition coefficient (Wildman–Crippen LogP) is 3.05. The molecule has 1 fully saturated rings. The molecule has 0 bridgehead atoms. The summed E-state index contributed by atoms with van der Waals surface area (Å²) in [6.45, 7) is 8.52. The molecule has 0 saturated carbocycles. The second kappa shape index (κ2) is 4.80. The van der Waals surface area contributed by atoms with Crippen LogP contribution >= 0.6 is 15.9 Å². The summed E-state index contributed by atoms with van der Waals surface area (Å²) in [5.41, 5.74) is 0.181. The smallest absolute Gasteiger partial charge is 0.148 e. The van der Waals surface area contributed by atoms with E-state index in [1.165, 1.54) is 12.8 Å². The normalized spacial score (nSPS) is 18.5. The van der Waals surface area contributed by atoms with E-state index in [0.29, 0.717) is 0 Å². The summed E-state index contributed by atoms with van der Waals surface area (Å²) in [6, 6.07) is 0. The Labute approximate surface area is 111 Å². The third-order valence-corrected chi connectivity index (χ3v) is 4.00. The van der Waals surface area contributed by atoms with Gasteiger partial charge in [-0.3, -0.25) is 0 Å². The minimum atomic E-state index is 0.181. The van der Waals surface area contributed by atoms with E-state index in [0.717, 1.165) is 29.2 Å². The van der Waals surface area contributed by atoms with E-state index in [4.69, 9.17) is 0 Å². The van der Waals surface area contributed by atoms with Crippen LogP contribution in [0.5, 0.6) is 0 Å². The maximum atomic E-state index is 4.43. The van der Waals surface area contributed by atoms with Gasteiger partial charge < -0.3 is 10.2 Å². The summed E-state index contributed by atoms with van der Waals surface area (Å²) in [6.07, 6.45) is 4.06. The lowest BCUT2D eigenvalue weighted by Crippen LogP contribution is -2.39. The number of nitrogens with zero attached hydrogens (tertiary/aromatic N) is 3. The van der Waals surface area contributed by atoms with Gasteiger partial charge in [0.25, 0.3) is 0 Å². The number of aromatic nitrogens is 2. The molecule has 0 radical (unpaired) electrons. The molecule has 0 atom stereocenters. The van der Waals surface area contributed by atoms with Crippen LogP contribution in [-0.4, -0.2) is 28.6 Å². The zero-order valence-corrected chi connectivity index (χ0v) is 12.2. The fraction of sp³-hybridized carbons (Fsp3) is 0.667. The molecule has 0 unspecified atom stereocenters. The molecule has 0 spiro atoms. The van der Waals surface area contributed by atoms with Crippen LogP contribution in [0.2, 0.25) is 0 Å². The first kappa shape index (κ1) is 12.6. The summed E-state index contributed by atoms with van der Waals surface area (Å²) >= 11 is 3.61. The summed E-state index contributed by atoms with van der Waals surface area (Å²) in [5, 5.41) is 3.24. The molecule has 1 aliphatic heterocycles. The van der Waals surface area contributed by atoms with Crippen LogP contribution in [0, 0.1) is 0 Å². The molecule has 1 saturated heterocycles. The van der Waals surface area contributed by atoms with Crippen LogP contribution in [-0.2, 0) is 0 Å². The Bertz CT molecular complexity index is 405. The lowest BCUT2D eigenvalue weighted by molar-refractivity contribution is 0.513. The fourth-order valence-electron chi connectivity index (χ4n) is 2.34. The second-order valence-corrected chi connectivity index (χ2v) is 5.75. The number of hydrogen-bond donors (Lipinski definition) is 1. The first-order valence-corrected chi connectivity index (χ1v) is 6.87. The molecule has 1 aliphatic rings. The van der Waals surface area contributed by atoms with E-state index in [2.05, 4.69) is 56.9 Å². The number of nitrogens with one attached hydrogen (secondary N) is 1. The topological polar surface area (TPSA) is 41.1 Å². The number of rotatable bonds is 3. The molecule has 0 aromatic carbocycles. The van der Waals surface area contributed by atoms with Crippen molar-refractivity contribution in [3.8, 4) is 0 Å². The summed E-state index contributed by atoms with van der Waals surface area (Å²) in [5.74, 6) is 1.87. The maximum Gasteiger partial charge on any atom is 0.148 e. The van der Waals surface area contributed by atoms with Crippen molar-refractivity contribution < 1.29 is 0 Å². The van der Waals surface area contributed by atoms with Crippen molar-refractivity contribution in [2.24, 2.45) is 0 Å². The van der Waals surface area contributed by atoms with Crippen LogP contribution in [0.25, 0.3) is 0 Å². The SMILES string of the molecule is CCNc1ncnc(N2CCCC2(C)C)c1Br. The van der Waals surface area contributed by atoms with Crippen molar-refractivity contribution in [3.05, 3.63) is 10.8 Å². The first-order chi connectivity index (χ1) is 8.06. The minimum Gasteiger partial charge on any atom is -0.369 e. The van der Waals surface area contributed by atoms with Gasteiger partial charge in [-0.1, -0.05) is 0 Å². The highest BCUT2D eigenvalue weighted by Gasteiger charge is 2.34. The zero-order valence-electron chi connectivity index (χ0n) is 10.6. The molecular weight excluding hydrogens is 280 g/mol. The molecule has 94 valence electrons. The van der Waals surface area contributed by atoms with Crippen LogP contribution in [0.15, 0.2) is 10.8 Å². The first-order valence-electron chi connectivity index (χ1n) is 6.08. The molecule has 5 heteroatoms. The highest BCUT2D eigenvalue weighted by molar-refractivity contribution is 9.10. The van der Waals surface area contributed by atoms with Crippen molar-refractivity contribution in [1.29, 1.82) is 0 Å². The Morgan fingerprint density at radius 3 is 2.82 bits per heavy atom. The highest BCUT2D eigenvalue weighted by atomic mass is 79.9. The number of hydrogen-bond acceptors (Lipinski definition) is 4. The van der Waals surface area contributed by atoms with Gasteiger partial charge in [-0.15, -0.1) is 0 Å². The average molecular weight is 299 g/mol. The monoisotopic (exact) mass is 298 g/mol. The van der Waals surface area contributed by atoms with Gasteiger partial charge in [-0.2, -0.15) is 0 Å².